The monoisotopic (exact) mass is 248 g/mol. The Morgan fingerprint density at radius 3 is 2.50 bits per heavy atom. The number of rotatable bonds is 1. The van der Waals surface area contributed by atoms with Gasteiger partial charge in [-0.05, 0) is 28.3 Å². The molecule has 0 N–H and O–H groups in total. The fourth-order valence-electron chi connectivity index (χ4n) is 1.62. The van der Waals surface area contributed by atoms with E-state index in [1.165, 1.54) is 20.8 Å². The minimum absolute atomic E-state index is 0.580. The number of benzene rings is 2. The van der Waals surface area contributed by atoms with Crippen molar-refractivity contribution in [3.63, 3.8) is 0 Å². The summed E-state index contributed by atoms with van der Waals surface area (Å²) in [6.07, 6.45) is 0. The van der Waals surface area contributed by atoms with Gasteiger partial charge in [-0.3, -0.25) is 0 Å². The van der Waals surface area contributed by atoms with Gasteiger partial charge in [0, 0.05) is 4.47 Å². The third kappa shape index (κ3) is 1.69. The lowest BCUT2D eigenvalue weighted by Gasteiger charge is -2.08. The first-order chi connectivity index (χ1) is 6.68. The Balaban J connectivity index is 2.72. The van der Waals surface area contributed by atoms with E-state index in [1.807, 2.05) is 0 Å². The van der Waals surface area contributed by atoms with E-state index >= 15 is 0 Å². The average molecular weight is 249 g/mol. The highest BCUT2D eigenvalue weighted by Crippen LogP contribution is 2.28. The van der Waals surface area contributed by atoms with Gasteiger partial charge in [0.2, 0.25) is 0 Å². The van der Waals surface area contributed by atoms with Crippen molar-refractivity contribution in [3.05, 3.63) is 46.4 Å². The second-order valence-corrected chi connectivity index (χ2v) is 4.73. The Kier molecular flexibility index (Phi) is 2.60. The molecular formula is C13H13Br. The van der Waals surface area contributed by atoms with Crippen LogP contribution in [0.15, 0.2) is 40.9 Å². The minimum atomic E-state index is 0.580. The normalized spacial score (nSPS) is 11.1. The van der Waals surface area contributed by atoms with Gasteiger partial charge in [-0.15, -0.1) is 0 Å². The second-order valence-electron chi connectivity index (χ2n) is 3.88. The smallest absolute Gasteiger partial charge is 0.0256 e. The van der Waals surface area contributed by atoms with Crippen LogP contribution in [-0.4, -0.2) is 0 Å². The van der Waals surface area contributed by atoms with Crippen molar-refractivity contribution >= 4 is 26.7 Å². The molecule has 0 unspecified atom stereocenters. The molecule has 0 amide bonds. The highest BCUT2D eigenvalue weighted by Gasteiger charge is 2.03. The zero-order valence-corrected chi connectivity index (χ0v) is 10.0. The van der Waals surface area contributed by atoms with Crippen molar-refractivity contribution in [3.8, 4) is 0 Å². The Morgan fingerprint density at radius 2 is 1.79 bits per heavy atom. The van der Waals surface area contributed by atoms with Crippen LogP contribution >= 0.6 is 15.9 Å². The average Bonchev–Trinajstić information content (AvgIpc) is 2.17. The van der Waals surface area contributed by atoms with E-state index in [1.54, 1.807) is 0 Å². The molecular weight excluding hydrogens is 236 g/mol. The molecule has 0 fully saturated rings. The summed E-state index contributed by atoms with van der Waals surface area (Å²) in [6.45, 7) is 4.44. The Hall–Kier alpha value is -0.820. The van der Waals surface area contributed by atoms with Crippen LogP contribution in [0.5, 0.6) is 0 Å². The van der Waals surface area contributed by atoms with Crippen molar-refractivity contribution in [2.45, 2.75) is 19.8 Å². The first-order valence-electron chi connectivity index (χ1n) is 4.86. The van der Waals surface area contributed by atoms with Crippen molar-refractivity contribution in [1.82, 2.24) is 0 Å². The van der Waals surface area contributed by atoms with Gasteiger partial charge in [0.15, 0.2) is 0 Å². The van der Waals surface area contributed by atoms with Gasteiger partial charge in [-0.1, -0.05) is 60.1 Å². The maximum atomic E-state index is 3.62. The summed E-state index contributed by atoms with van der Waals surface area (Å²) in [7, 11) is 0. The van der Waals surface area contributed by atoms with Crippen LogP contribution in [0.25, 0.3) is 10.8 Å². The fourth-order valence-corrected chi connectivity index (χ4v) is 2.24. The van der Waals surface area contributed by atoms with Crippen LogP contribution < -0.4 is 0 Å². The first-order valence-corrected chi connectivity index (χ1v) is 5.66. The predicted octanol–water partition coefficient (Wildman–Crippen LogP) is 4.73. The molecule has 2 aromatic rings. The summed E-state index contributed by atoms with van der Waals surface area (Å²) in [5.41, 5.74) is 1.38. The largest absolute Gasteiger partial charge is 0.0616 e. The zero-order chi connectivity index (χ0) is 10.1. The molecule has 0 aliphatic heterocycles. The molecule has 0 saturated carbocycles. The van der Waals surface area contributed by atoms with Crippen LogP contribution in [0, 0.1) is 0 Å². The van der Waals surface area contributed by atoms with Crippen molar-refractivity contribution in [1.29, 1.82) is 0 Å². The van der Waals surface area contributed by atoms with E-state index in [2.05, 4.69) is 66.2 Å². The summed E-state index contributed by atoms with van der Waals surface area (Å²) in [5.74, 6) is 0.580. The molecule has 0 saturated heterocycles. The SMILES string of the molecule is CC(C)c1cc(Br)c2ccccc2c1. The van der Waals surface area contributed by atoms with Gasteiger partial charge >= 0.3 is 0 Å². The van der Waals surface area contributed by atoms with Crippen LogP contribution in [0.1, 0.15) is 25.3 Å². The first kappa shape index (κ1) is 9.72. The third-order valence-electron chi connectivity index (χ3n) is 2.50. The summed E-state index contributed by atoms with van der Waals surface area (Å²) in [5, 5.41) is 2.60. The lowest BCUT2D eigenvalue weighted by atomic mass is 9.99. The topological polar surface area (TPSA) is 0 Å². The standard InChI is InChI=1S/C13H13Br/c1-9(2)11-7-10-5-3-4-6-12(10)13(14)8-11/h3-9H,1-2H3. The van der Waals surface area contributed by atoms with Crippen LogP contribution in [0.2, 0.25) is 0 Å². The van der Waals surface area contributed by atoms with Gasteiger partial charge in [0.05, 0.1) is 0 Å². The number of hydrogen-bond acceptors (Lipinski definition) is 0. The molecule has 72 valence electrons. The predicted molar refractivity (Wildman–Crippen MR) is 65.7 cm³/mol. The molecule has 2 rings (SSSR count). The summed E-state index contributed by atoms with van der Waals surface area (Å²) < 4.78 is 1.19. The molecule has 0 aliphatic rings. The number of fused-ring (bicyclic) bond motifs is 1. The van der Waals surface area contributed by atoms with E-state index in [0.717, 1.165) is 0 Å². The molecule has 0 bridgehead atoms. The van der Waals surface area contributed by atoms with E-state index in [9.17, 15) is 0 Å². The van der Waals surface area contributed by atoms with Gasteiger partial charge in [0.1, 0.15) is 0 Å². The quantitative estimate of drug-likeness (QED) is 0.685. The third-order valence-corrected chi connectivity index (χ3v) is 3.16. The van der Waals surface area contributed by atoms with E-state index in [4.69, 9.17) is 0 Å². The van der Waals surface area contributed by atoms with Gasteiger partial charge in [-0.25, -0.2) is 0 Å². The van der Waals surface area contributed by atoms with Gasteiger partial charge in [0.25, 0.3) is 0 Å². The second kappa shape index (κ2) is 3.74. The summed E-state index contributed by atoms with van der Waals surface area (Å²) >= 11 is 3.62. The molecule has 1 heteroatoms. The molecule has 0 heterocycles. The number of halogens is 1. The van der Waals surface area contributed by atoms with Crippen molar-refractivity contribution < 1.29 is 0 Å². The summed E-state index contributed by atoms with van der Waals surface area (Å²) in [4.78, 5) is 0. The van der Waals surface area contributed by atoms with E-state index in [0.29, 0.717) is 5.92 Å². The van der Waals surface area contributed by atoms with Crippen LogP contribution in [-0.2, 0) is 0 Å². The zero-order valence-electron chi connectivity index (χ0n) is 8.42. The van der Waals surface area contributed by atoms with E-state index in [-0.39, 0.29) is 0 Å². The fraction of sp³-hybridized carbons (Fsp3) is 0.231. The van der Waals surface area contributed by atoms with Crippen molar-refractivity contribution in [2.75, 3.05) is 0 Å². The molecule has 0 radical (unpaired) electrons. The maximum Gasteiger partial charge on any atom is 0.0256 e. The number of hydrogen-bond donors (Lipinski definition) is 0. The van der Waals surface area contributed by atoms with Crippen LogP contribution in [0.3, 0.4) is 0 Å². The molecule has 14 heavy (non-hydrogen) atoms. The lowest BCUT2D eigenvalue weighted by molar-refractivity contribution is 0.868. The Bertz CT molecular complexity index is 458. The highest BCUT2D eigenvalue weighted by molar-refractivity contribution is 9.10. The lowest BCUT2D eigenvalue weighted by Crippen LogP contribution is -1.87. The molecule has 0 nitrogen and oxygen atoms in total. The maximum absolute atomic E-state index is 3.62. The van der Waals surface area contributed by atoms with Gasteiger partial charge < -0.3 is 0 Å². The van der Waals surface area contributed by atoms with E-state index < -0.39 is 0 Å². The Morgan fingerprint density at radius 1 is 1.07 bits per heavy atom. The Labute approximate surface area is 93.1 Å². The molecule has 0 atom stereocenters. The van der Waals surface area contributed by atoms with Gasteiger partial charge in [-0.2, -0.15) is 0 Å². The molecule has 2 aromatic carbocycles. The van der Waals surface area contributed by atoms with Crippen molar-refractivity contribution in [2.24, 2.45) is 0 Å². The molecule has 0 aliphatic carbocycles. The minimum Gasteiger partial charge on any atom is -0.0616 e. The summed E-state index contributed by atoms with van der Waals surface area (Å²) in [6, 6.07) is 12.9. The highest BCUT2D eigenvalue weighted by atomic mass is 79.9. The molecule has 0 aromatic heterocycles. The van der Waals surface area contributed by atoms with Crippen LogP contribution in [0.4, 0.5) is 0 Å². The molecule has 0 spiro atoms.